The SMILES string of the molecule is COc1cc(C)c(C)cc1-c1c(CN)ncn1C. The molecule has 0 aliphatic rings. The molecule has 1 aromatic heterocycles. The van der Waals surface area contributed by atoms with Gasteiger partial charge in [-0.1, -0.05) is 0 Å². The van der Waals surface area contributed by atoms with Gasteiger partial charge < -0.3 is 15.0 Å². The standard InChI is InChI=1S/C14H19N3O/c1-9-5-11(13(18-4)6-10(9)2)14-12(7-15)16-8-17(14)3/h5-6,8H,7,15H2,1-4H3. The molecule has 1 aromatic carbocycles. The summed E-state index contributed by atoms with van der Waals surface area (Å²) < 4.78 is 7.46. The highest BCUT2D eigenvalue weighted by Crippen LogP contribution is 2.33. The second-order valence-electron chi connectivity index (χ2n) is 4.49. The fraction of sp³-hybridized carbons (Fsp3) is 0.357. The molecule has 0 fully saturated rings. The highest BCUT2D eigenvalue weighted by Gasteiger charge is 2.15. The van der Waals surface area contributed by atoms with Crippen LogP contribution in [0.2, 0.25) is 0 Å². The Morgan fingerprint density at radius 1 is 1.28 bits per heavy atom. The van der Waals surface area contributed by atoms with Crippen molar-refractivity contribution in [2.75, 3.05) is 7.11 Å². The second-order valence-corrected chi connectivity index (χ2v) is 4.49. The third-order valence-electron chi connectivity index (χ3n) is 3.28. The molecule has 0 bridgehead atoms. The maximum absolute atomic E-state index is 5.74. The Labute approximate surface area is 107 Å². The van der Waals surface area contributed by atoms with Crippen LogP contribution < -0.4 is 10.5 Å². The highest BCUT2D eigenvalue weighted by atomic mass is 16.5. The topological polar surface area (TPSA) is 53.1 Å². The minimum absolute atomic E-state index is 0.423. The van der Waals surface area contributed by atoms with Gasteiger partial charge in [0.25, 0.3) is 0 Å². The number of aromatic nitrogens is 2. The fourth-order valence-corrected chi connectivity index (χ4v) is 2.12. The van der Waals surface area contributed by atoms with Crippen LogP contribution in [0.5, 0.6) is 5.75 Å². The van der Waals surface area contributed by atoms with Crippen molar-refractivity contribution in [1.29, 1.82) is 0 Å². The molecule has 0 radical (unpaired) electrons. The number of imidazole rings is 1. The molecular formula is C14H19N3O. The molecule has 4 nitrogen and oxygen atoms in total. The Morgan fingerprint density at radius 3 is 2.56 bits per heavy atom. The van der Waals surface area contributed by atoms with Gasteiger partial charge in [0.1, 0.15) is 5.75 Å². The minimum atomic E-state index is 0.423. The van der Waals surface area contributed by atoms with Crippen molar-refractivity contribution in [2.45, 2.75) is 20.4 Å². The van der Waals surface area contributed by atoms with Gasteiger partial charge in [0.15, 0.2) is 0 Å². The zero-order chi connectivity index (χ0) is 13.3. The summed E-state index contributed by atoms with van der Waals surface area (Å²) in [4.78, 5) is 4.32. The Balaban J connectivity index is 2.69. The smallest absolute Gasteiger partial charge is 0.128 e. The monoisotopic (exact) mass is 245 g/mol. The third kappa shape index (κ3) is 1.99. The van der Waals surface area contributed by atoms with Crippen LogP contribution in [0.4, 0.5) is 0 Å². The average molecular weight is 245 g/mol. The van der Waals surface area contributed by atoms with E-state index in [1.54, 1.807) is 13.4 Å². The lowest BCUT2D eigenvalue weighted by atomic mass is 10.0. The van der Waals surface area contributed by atoms with Crippen LogP contribution in [-0.4, -0.2) is 16.7 Å². The number of hydrogen-bond donors (Lipinski definition) is 1. The second kappa shape index (κ2) is 4.82. The van der Waals surface area contributed by atoms with Crippen molar-refractivity contribution in [3.8, 4) is 17.0 Å². The van der Waals surface area contributed by atoms with Crippen molar-refractivity contribution >= 4 is 0 Å². The van der Waals surface area contributed by atoms with Gasteiger partial charge in [-0.25, -0.2) is 4.98 Å². The average Bonchev–Trinajstić information content (AvgIpc) is 2.73. The van der Waals surface area contributed by atoms with Gasteiger partial charge in [-0.2, -0.15) is 0 Å². The first kappa shape index (κ1) is 12.6. The summed E-state index contributed by atoms with van der Waals surface area (Å²) in [5, 5.41) is 0. The molecule has 0 saturated carbocycles. The largest absolute Gasteiger partial charge is 0.496 e. The van der Waals surface area contributed by atoms with E-state index < -0.39 is 0 Å². The van der Waals surface area contributed by atoms with Crippen LogP contribution in [0.25, 0.3) is 11.3 Å². The number of hydrogen-bond acceptors (Lipinski definition) is 3. The Bertz CT molecular complexity index is 573. The van der Waals surface area contributed by atoms with Gasteiger partial charge >= 0.3 is 0 Å². The maximum Gasteiger partial charge on any atom is 0.128 e. The number of nitrogens with two attached hydrogens (primary N) is 1. The molecule has 0 unspecified atom stereocenters. The van der Waals surface area contributed by atoms with E-state index in [9.17, 15) is 0 Å². The van der Waals surface area contributed by atoms with Crippen molar-refractivity contribution in [1.82, 2.24) is 9.55 Å². The Morgan fingerprint density at radius 2 is 1.94 bits per heavy atom. The molecule has 0 aliphatic heterocycles. The number of nitrogens with zero attached hydrogens (tertiary/aromatic N) is 2. The van der Waals surface area contributed by atoms with Crippen LogP contribution in [0.15, 0.2) is 18.5 Å². The molecule has 0 atom stereocenters. The first-order chi connectivity index (χ1) is 8.58. The van der Waals surface area contributed by atoms with Crippen LogP contribution in [-0.2, 0) is 13.6 Å². The zero-order valence-corrected chi connectivity index (χ0v) is 11.3. The van der Waals surface area contributed by atoms with Crippen LogP contribution in [0, 0.1) is 13.8 Å². The van der Waals surface area contributed by atoms with Crippen molar-refractivity contribution in [3.63, 3.8) is 0 Å². The van der Waals surface area contributed by atoms with Crippen molar-refractivity contribution < 1.29 is 4.74 Å². The molecule has 0 spiro atoms. The predicted octanol–water partition coefficient (Wildman–Crippen LogP) is 2.17. The van der Waals surface area contributed by atoms with E-state index in [-0.39, 0.29) is 0 Å². The summed E-state index contributed by atoms with van der Waals surface area (Å²) >= 11 is 0. The van der Waals surface area contributed by atoms with E-state index in [0.29, 0.717) is 6.54 Å². The van der Waals surface area contributed by atoms with Gasteiger partial charge in [-0.05, 0) is 37.1 Å². The quantitative estimate of drug-likeness (QED) is 0.901. The molecule has 1 heterocycles. The van der Waals surface area contributed by atoms with Crippen LogP contribution in [0.3, 0.4) is 0 Å². The van der Waals surface area contributed by atoms with Crippen LogP contribution >= 0.6 is 0 Å². The lowest BCUT2D eigenvalue weighted by molar-refractivity contribution is 0.415. The van der Waals surface area contributed by atoms with Crippen molar-refractivity contribution in [2.24, 2.45) is 12.8 Å². The number of methoxy groups -OCH3 is 1. The van der Waals surface area contributed by atoms with Gasteiger partial charge in [0.05, 0.1) is 24.8 Å². The summed E-state index contributed by atoms with van der Waals surface area (Å²) in [6, 6.07) is 4.18. The first-order valence-electron chi connectivity index (χ1n) is 5.94. The summed E-state index contributed by atoms with van der Waals surface area (Å²) in [5.41, 5.74) is 11.1. The number of ether oxygens (including phenoxy) is 1. The highest BCUT2D eigenvalue weighted by molar-refractivity contribution is 5.71. The van der Waals surface area contributed by atoms with Gasteiger partial charge in [-0.15, -0.1) is 0 Å². The fourth-order valence-electron chi connectivity index (χ4n) is 2.12. The van der Waals surface area contributed by atoms with Gasteiger partial charge in [0.2, 0.25) is 0 Å². The van der Waals surface area contributed by atoms with E-state index in [1.807, 2.05) is 11.6 Å². The molecule has 0 saturated heterocycles. The van der Waals surface area contributed by atoms with E-state index in [4.69, 9.17) is 10.5 Å². The summed E-state index contributed by atoms with van der Waals surface area (Å²) in [5.74, 6) is 0.858. The maximum atomic E-state index is 5.74. The molecule has 2 rings (SSSR count). The Kier molecular flexibility index (Phi) is 3.39. The molecule has 0 amide bonds. The molecule has 4 heteroatoms. The first-order valence-corrected chi connectivity index (χ1v) is 5.94. The normalized spacial score (nSPS) is 10.7. The molecular weight excluding hydrogens is 226 g/mol. The molecule has 0 aliphatic carbocycles. The third-order valence-corrected chi connectivity index (χ3v) is 3.28. The van der Waals surface area contributed by atoms with Crippen molar-refractivity contribution in [3.05, 3.63) is 35.3 Å². The number of benzene rings is 1. The minimum Gasteiger partial charge on any atom is -0.496 e. The number of rotatable bonds is 3. The number of aryl methyl sites for hydroxylation is 3. The Hall–Kier alpha value is -1.81. The lowest BCUT2D eigenvalue weighted by Gasteiger charge is -2.13. The summed E-state index contributed by atoms with van der Waals surface area (Å²) in [7, 11) is 3.65. The summed E-state index contributed by atoms with van der Waals surface area (Å²) in [6.07, 6.45) is 1.78. The summed E-state index contributed by atoms with van der Waals surface area (Å²) in [6.45, 7) is 4.59. The molecule has 18 heavy (non-hydrogen) atoms. The van der Waals surface area contributed by atoms with E-state index >= 15 is 0 Å². The molecule has 2 aromatic rings. The zero-order valence-electron chi connectivity index (χ0n) is 11.3. The predicted molar refractivity (Wildman–Crippen MR) is 72.6 cm³/mol. The van der Waals surface area contributed by atoms with E-state index in [0.717, 1.165) is 22.7 Å². The lowest BCUT2D eigenvalue weighted by Crippen LogP contribution is -2.02. The van der Waals surface area contributed by atoms with Crippen LogP contribution in [0.1, 0.15) is 16.8 Å². The van der Waals surface area contributed by atoms with Gasteiger partial charge in [0, 0.05) is 19.2 Å². The van der Waals surface area contributed by atoms with Gasteiger partial charge in [-0.3, -0.25) is 0 Å². The van der Waals surface area contributed by atoms with E-state index in [2.05, 4.69) is 31.0 Å². The molecule has 96 valence electrons. The molecule has 2 N–H and O–H groups in total. The van der Waals surface area contributed by atoms with E-state index in [1.165, 1.54) is 11.1 Å².